The van der Waals surface area contributed by atoms with E-state index in [1.54, 1.807) is 36.5 Å². The van der Waals surface area contributed by atoms with Gasteiger partial charge in [0.25, 0.3) is 0 Å². The molecule has 2 aromatic carbocycles. The monoisotopic (exact) mass is 367 g/mol. The summed E-state index contributed by atoms with van der Waals surface area (Å²) < 4.78 is 0.834. The fraction of sp³-hybridized carbons (Fsp3) is 0. The summed E-state index contributed by atoms with van der Waals surface area (Å²) >= 11 is 15.5. The normalized spacial score (nSPS) is 10.9. The number of ketones is 1. The van der Waals surface area contributed by atoms with E-state index in [0.29, 0.717) is 21.2 Å². The first-order chi connectivity index (χ1) is 9.56. The molecule has 0 fully saturated rings. The molecule has 100 valence electrons. The van der Waals surface area contributed by atoms with E-state index in [-0.39, 0.29) is 5.78 Å². The van der Waals surface area contributed by atoms with E-state index < -0.39 is 0 Å². The largest absolute Gasteiger partial charge is 0.360 e. The summed E-state index contributed by atoms with van der Waals surface area (Å²) in [7, 11) is 0. The van der Waals surface area contributed by atoms with Gasteiger partial charge in [-0.25, -0.2) is 0 Å². The standard InChI is InChI=1S/C15H8BrCl2NO/c16-8-1-3-10(13(18)5-8)15(20)12-7-19-14-4-2-9(17)6-11(12)14/h1-7,19H. The van der Waals surface area contributed by atoms with Crippen LogP contribution in [0.5, 0.6) is 0 Å². The molecule has 20 heavy (non-hydrogen) atoms. The molecule has 0 aliphatic rings. The molecule has 3 aromatic rings. The lowest BCUT2D eigenvalue weighted by Crippen LogP contribution is -2.01. The summed E-state index contributed by atoms with van der Waals surface area (Å²) in [6.07, 6.45) is 1.68. The van der Waals surface area contributed by atoms with Crippen molar-refractivity contribution in [2.75, 3.05) is 0 Å². The average molecular weight is 369 g/mol. The van der Waals surface area contributed by atoms with Crippen LogP contribution in [0.1, 0.15) is 15.9 Å². The number of nitrogens with one attached hydrogen (secondary N) is 1. The van der Waals surface area contributed by atoms with Gasteiger partial charge in [0, 0.05) is 37.7 Å². The maximum atomic E-state index is 12.6. The summed E-state index contributed by atoms with van der Waals surface area (Å²) in [5, 5.41) is 1.80. The summed E-state index contributed by atoms with van der Waals surface area (Å²) in [4.78, 5) is 15.7. The van der Waals surface area contributed by atoms with Gasteiger partial charge in [-0.15, -0.1) is 0 Å². The molecule has 5 heteroatoms. The molecule has 2 nitrogen and oxygen atoms in total. The summed E-state index contributed by atoms with van der Waals surface area (Å²) in [6, 6.07) is 10.6. The van der Waals surface area contributed by atoms with Crippen molar-refractivity contribution in [3.63, 3.8) is 0 Å². The Labute approximate surface area is 133 Å². The van der Waals surface area contributed by atoms with Crippen molar-refractivity contribution in [2.45, 2.75) is 0 Å². The van der Waals surface area contributed by atoms with Crippen molar-refractivity contribution in [3.8, 4) is 0 Å². The molecule has 0 aliphatic carbocycles. The predicted octanol–water partition coefficient (Wildman–Crippen LogP) is 5.47. The van der Waals surface area contributed by atoms with Crippen molar-refractivity contribution < 1.29 is 4.79 Å². The third-order valence-electron chi connectivity index (χ3n) is 3.06. The van der Waals surface area contributed by atoms with Crippen LogP contribution in [-0.4, -0.2) is 10.8 Å². The fourth-order valence-electron chi connectivity index (χ4n) is 2.10. The highest BCUT2D eigenvalue weighted by atomic mass is 79.9. The van der Waals surface area contributed by atoms with Crippen molar-refractivity contribution in [1.82, 2.24) is 4.98 Å². The van der Waals surface area contributed by atoms with Gasteiger partial charge in [-0.3, -0.25) is 4.79 Å². The van der Waals surface area contributed by atoms with Gasteiger partial charge in [0.1, 0.15) is 0 Å². The Balaban J connectivity index is 2.15. The van der Waals surface area contributed by atoms with Gasteiger partial charge in [-0.1, -0.05) is 39.1 Å². The Kier molecular flexibility index (Phi) is 3.59. The SMILES string of the molecule is O=C(c1ccc(Br)cc1Cl)c1c[nH]c2ccc(Cl)cc12. The number of rotatable bonds is 2. The van der Waals surface area contributed by atoms with Gasteiger partial charge in [0.05, 0.1) is 5.02 Å². The van der Waals surface area contributed by atoms with E-state index in [9.17, 15) is 4.79 Å². The van der Waals surface area contributed by atoms with Crippen LogP contribution in [0, 0.1) is 0 Å². The molecule has 0 atom stereocenters. The Morgan fingerprint density at radius 2 is 1.85 bits per heavy atom. The van der Waals surface area contributed by atoms with Gasteiger partial charge in [-0.05, 0) is 36.4 Å². The number of carbonyl (C=O) groups is 1. The number of hydrogen-bond acceptors (Lipinski definition) is 1. The van der Waals surface area contributed by atoms with Crippen LogP contribution >= 0.6 is 39.1 Å². The molecule has 1 N–H and O–H groups in total. The topological polar surface area (TPSA) is 32.9 Å². The van der Waals surface area contributed by atoms with Crippen LogP contribution in [0.25, 0.3) is 10.9 Å². The molecule has 0 aliphatic heterocycles. The van der Waals surface area contributed by atoms with Crippen molar-refractivity contribution in [3.05, 3.63) is 68.2 Å². The minimum absolute atomic E-state index is 0.129. The Morgan fingerprint density at radius 1 is 1.05 bits per heavy atom. The average Bonchev–Trinajstić information content (AvgIpc) is 2.81. The zero-order valence-electron chi connectivity index (χ0n) is 10.1. The number of hydrogen-bond donors (Lipinski definition) is 1. The molecule has 0 unspecified atom stereocenters. The van der Waals surface area contributed by atoms with E-state index in [0.717, 1.165) is 15.4 Å². The van der Waals surface area contributed by atoms with Crippen LogP contribution in [0.3, 0.4) is 0 Å². The highest BCUT2D eigenvalue weighted by Gasteiger charge is 2.17. The molecule has 3 rings (SSSR count). The lowest BCUT2D eigenvalue weighted by molar-refractivity contribution is 0.104. The van der Waals surface area contributed by atoms with Crippen LogP contribution in [0.2, 0.25) is 10.0 Å². The second kappa shape index (κ2) is 5.24. The molecular formula is C15H8BrCl2NO. The van der Waals surface area contributed by atoms with Crippen molar-refractivity contribution in [2.24, 2.45) is 0 Å². The number of fused-ring (bicyclic) bond motifs is 1. The first-order valence-corrected chi connectivity index (χ1v) is 7.37. The lowest BCUT2D eigenvalue weighted by atomic mass is 10.0. The van der Waals surface area contributed by atoms with Gasteiger partial charge < -0.3 is 4.98 Å². The smallest absolute Gasteiger partial charge is 0.196 e. The number of carbonyl (C=O) groups excluding carboxylic acids is 1. The van der Waals surface area contributed by atoms with Gasteiger partial charge in [0.15, 0.2) is 5.78 Å². The van der Waals surface area contributed by atoms with Gasteiger partial charge in [-0.2, -0.15) is 0 Å². The zero-order valence-corrected chi connectivity index (χ0v) is 13.2. The molecule has 1 heterocycles. The molecule has 0 saturated heterocycles. The second-order valence-corrected chi connectivity index (χ2v) is 6.10. The predicted molar refractivity (Wildman–Crippen MR) is 85.9 cm³/mol. The quantitative estimate of drug-likeness (QED) is 0.598. The first-order valence-electron chi connectivity index (χ1n) is 5.82. The Bertz CT molecular complexity index is 826. The minimum Gasteiger partial charge on any atom is -0.360 e. The minimum atomic E-state index is -0.129. The third-order valence-corrected chi connectivity index (χ3v) is 4.11. The van der Waals surface area contributed by atoms with Crippen LogP contribution < -0.4 is 0 Å². The Hall–Kier alpha value is -1.29. The number of aromatic nitrogens is 1. The summed E-state index contributed by atoms with van der Waals surface area (Å²) in [6.45, 7) is 0. The van der Waals surface area contributed by atoms with E-state index >= 15 is 0 Å². The lowest BCUT2D eigenvalue weighted by Gasteiger charge is -2.03. The maximum Gasteiger partial charge on any atom is 0.196 e. The molecule has 0 radical (unpaired) electrons. The summed E-state index contributed by atoms with van der Waals surface area (Å²) in [5.74, 6) is -0.129. The number of halogens is 3. The molecule has 0 amide bonds. The highest BCUT2D eigenvalue weighted by Crippen LogP contribution is 2.28. The van der Waals surface area contributed by atoms with Crippen LogP contribution in [0.4, 0.5) is 0 Å². The fourth-order valence-corrected chi connectivity index (χ4v) is 3.03. The van der Waals surface area contributed by atoms with Crippen molar-refractivity contribution in [1.29, 1.82) is 0 Å². The van der Waals surface area contributed by atoms with E-state index in [1.807, 2.05) is 6.07 Å². The third kappa shape index (κ3) is 2.37. The highest BCUT2D eigenvalue weighted by molar-refractivity contribution is 9.10. The molecule has 1 aromatic heterocycles. The molecular weight excluding hydrogens is 361 g/mol. The second-order valence-electron chi connectivity index (χ2n) is 4.35. The van der Waals surface area contributed by atoms with E-state index in [2.05, 4.69) is 20.9 Å². The first kappa shape index (κ1) is 13.7. The number of H-pyrrole nitrogens is 1. The van der Waals surface area contributed by atoms with Crippen LogP contribution in [-0.2, 0) is 0 Å². The number of aromatic amines is 1. The zero-order chi connectivity index (χ0) is 14.3. The van der Waals surface area contributed by atoms with E-state index in [1.165, 1.54) is 0 Å². The Morgan fingerprint density at radius 3 is 2.60 bits per heavy atom. The number of benzene rings is 2. The van der Waals surface area contributed by atoms with Gasteiger partial charge in [0.2, 0.25) is 0 Å². The summed E-state index contributed by atoms with van der Waals surface area (Å²) in [5.41, 5.74) is 1.90. The molecule has 0 spiro atoms. The van der Waals surface area contributed by atoms with E-state index in [4.69, 9.17) is 23.2 Å². The van der Waals surface area contributed by atoms with Crippen molar-refractivity contribution >= 4 is 55.8 Å². The molecule has 0 bridgehead atoms. The van der Waals surface area contributed by atoms with Gasteiger partial charge >= 0.3 is 0 Å². The van der Waals surface area contributed by atoms with Crippen LogP contribution in [0.15, 0.2) is 47.1 Å². The molecule has 0 saturated carbocycles. The maximum absolute atomic E-state index is 12.6.